The van der Waals surface area contributed by atoms with E-state index in [1.165, 1.54) is 11.3 Å². The van der Waals surface area contributed by atoms with Gasteiger partial charge in [0.25, 0.3) is 0 Å². The van der Waals surface area contributed by atoms with Crippen LogP contribution >= 0.6 is 0 Å². The van der Waals surface area contributed by atoms with Gasteiger partial charge in [0.15, 0.2) is 0 Å². The first-order valence-electron chi connectivity index (χ1n) is 7.32. The Balaban J connectivity index is 2.06. The second-order valence-corrected chi connectivity index (χ2v) is 5.35. The van der Waals surface area contributed by atoms with E-state index < -0.39 is 0 Å². The van der Waals surface area contributed by atoms with Gasteiger partial charge in [-0.05, 0) is 25.3 Å². The van der Waals surface area contributed by atoms with Crippen LogP contribution < -0.4 is 10.6 Å². The Morgan fingerprint density at radius 1 is 1.48 bits per heavy atom. The first-order valence-corrected chi connectivity index (χ1v) is 7.32. The SMILES string of the molecule is CNC(=O)C(C)n1cncc1-c1cccc2c1NCCC2. The molecule has 0 bridgehead atoms. The van der Waals surface area contributed by atoms with E-state index in [4.69, 9.17) is 0 Å². The highest BCUT2D eigenvalue weighted by Gasteiger charge is 2.20. The van der Waals surface area contributed by atoms with Gasteiger partial charge in [0, 0.05) is 24.8 Å². The molecule has 5 nitrogen and oxygen atoms in total. The first kappa shape index (κ1) is 13.7. The highest BCUT2D eigenvalue weighted by Crippen LogP contribution is 2.34. The number of hydrogen-bond donors (Lipinski definition) is 2. The Kier molecular flexibility index (Phi) is 3.64. The van der Waals surface area contributed by atoms with Crippen molar-refractivity contribution < 1.29 is 4.79 Å². The minimum Gasteiger partial charge on any atom is -0.384 e. The lowest BCUT2D eigenvalue weighted by Crippen LogP contribution is -2.27. The summed E-state index contributed by atoms with van der Waals surface area (Å²) in [6, 6.07) is 6.03. The van der Waals surface area contributed by atoms with Gasteiger partial charge in [-0.25, -0.2) is 4.98 Å². The van der Waals surface area contributed by atoms with Crippen molar-refractivity contribution in [3.63, 3.8) is 0 Å². The van der Waals surface area contributed by atoms with E-state index in [9.17, 15) is 4.79 Å². The van der Waals surface area contributed by atoms with E-state index >= 15 is 0 Å². The van der Waals surface area contributed by atoms with E-state index in [1.807, 2.05) is 17.7 Å². The number of carbonyl (C=O) groups excluding carboxylic acids is 1. The predicted octanol–water partition coefficient (Wildman–Crippen LogP) is 2.22. The van der Waals surface area contributed by atoms with Crippen molar-refractivity contribution in [2.45, 2.75) is 25.8 Å². The van der Waals surface area contributed by atoms with Crippen LogP contribution in [0.3, 0.4) is 0 Å². The number of nitrogens with one attached hydrogen (secondary N) is 2. The Labute approximate surface area is 124 Å². The average Bonchev–Trinajstić information content (AvgIpc) is 3.02. The summed E-state index contributed by atoms with van der Waals surface area (Å²) in [6.07, 6.45) is 5.79. The molecule has 0 radical (unpaired) electrons. The van der Waals surface area contributed by atoms with E-state index in [0.29, 0.717) is 0 Å². The average molecular weight is 284 g/mol. The Bertz CT molecular complexity index is 662. The lowest BCUT2D eigenvalue weighted by Gasteiger charge is -2.22. The third-order valence-electron chi connectivity index (χ3n) is 4.06. The van der Waals surface area contributed by atoms with Gasteiger partial charge < -0.3 is 15.2 Å². The second kappa shape index (κ2) is 5.60. The van der Waals surface area contributed by atoms with Crippen LogP contribution in [0.15, 0.2) is 30.7 Å². The zero-order valence-electron chi connectivity index (χ0n) is 12.4. The molecule has 0 saturated carbocycles. The molecule has 1 unspecified atom stereocenters. The smallest absolute Gasteiger partial charge is 0.242 e. The number of rotatable bonds is 3. The predicted molar refractivity (Wildman–Crippen MR) is 83.3 cm³/mol. The number of imidazole rings is 1. The van der Waals surface area contributed by atoms with Crippen molar-refractivity contribution in [1.82, 2.24) is 14.9 Å². The molecule has 5 heteroatoms. The molecule has 1 atom stereocenters. The van der Waals surface area contributed by atoms with Gasteiger partial charge in [-0.1, -0.05) is 18.2 Å². The summed E-state index contributed by atoms with van der Waals surface area (Å²) in [4.78, 5) is 16.1. The van der Waals surface area contributed by atoms with Crippen LogP contribution in [0, 0.1) is 0 Å². The van der Waals surface area contributed by atoms with Crippen molar-refractivity contribution >= 4 is 11.6 Å². The minimum atomic E-state index is -0.285. The number of amides is 1. The molecule has 1 aromatic heterocycles. The zero-order valence-corrected chi connectivity index (χ0v) is 12.4. The summed E-state index contributed by atoms with van der Waals surface area (Å²) < 4.78 is 1.92. The first-order chi connectivity index (χ1) is 10.2. The Hall–Kier alpha value is -2.30. The van der Waals surface area contributed by atoms with Crippen LogP contribution in [-0.2, 0) is 11.2 Å². The molecule has 21 heavy (non-hydrogen) atoms. The molecule has 110 valence electrons. The molecule has 2 N–H and O–H groups in total. The summed E-state index contributed by atoms with van der Waals surface area (Å²) in [5.41, 5.74) is 4.59. The molecular formula is C16H20N4O. The van der Waals surface area contributed by atoms with E-state index in [1.54, 1.807) is 13.4 Å². The van der Waals surface area contributed by atoms with Crippen LogP contribution in [0.4, 0.5) is 5.69 Å². The monoisotopic (exact) mass is 284 g/mol. The molecule has 1 aliphatic rings. The number of fused-ring (bicyclic) bond motifs is 1. The fourth-order valence-corrected chi connectivity index (χ4v) is 2.88. The highest BCUT2D eigenvalue weighted by molar-refractivity contribution is 5.83. The van der Waals surface area contributed by atoms with Crippen LogP contribution in [0.5, 0.6) is 0 Å². The Morgan fingerprint density at radius 2 is 2.33 bits per heavy atom. The maximum Gasteiger partial charge on any atom is 0.242 e. The van der Waals surface area contributed by atoms with Gasteiger partial charge in [0.2, 0.25) is 5.91 Å². The fraction of sp³-hybridized carbons (Fsp3) is 0.375. The standard InChI is InChI=1S/C16H20N4O/c1-11(16(21)17-2)20-10-18-9-14(20)13-7-3-5-12-6-4-8-19-15(12)13/h3,5,7,9-11,19H,4,6,8H2,1-2H3,(H,17,21). The summed E-state index contributed by atoms with van der Waals surface area (Å²) in [5, 5.41) is 6.18. The number of likely N-dealkylation sites (N-methyl/N-ethyl adjacent to an activating group) is 1. The number of hydrogen-bond acceptors (Lipinski definition) is 3. The summed E-state index contributed by atoms with van der Waals surface area (Å²) in [7, 11) is 1.65. The third-order valence-corrected chi connectivity index (χ3v) is 4.06. The van der Waals surface area contributed by atoms with Crippen LogP contribution in [0.25, 0.3) is 11.3 Å². The summed E-state index contributed by atoms with van der Waals surface area (Å²) in [5.74, 6) is -0.0213. The lowest BCUT2D eigenvalue weighted by molar-refractivity contribution is -0.123. The largest absolute Gasteiger partial charge is 0.384 e. The fourth-order valence-electron chi connectivity index (χ4n) is 2.88. The van der Waals surface area contributed by atoms with Crippen LogP contribution in [-0.4, -0.2) is 29.1 Å². The van der Waals surface area contributed by atoms with Gasteiger partial charge in [-0.3, -0.25) is 4.79 Å². The summed E-state index contributed by atoms with van der Waals surface area (Å²) >= 11 is 0. The van der Waals surface area contributed by atoms with Gasteiger partial charge in [0.05, 0.1) is 18.2 Å². The molecule has 2 heterocycles. The van der Waals surface area contributed by atoms with Crippen molar-refractivity contribution in [1.29, 1.82) is 0 Å². The van der Waals surface area contributed by atoms with Gasteiger partial charge in [-0.2, -0.15) is 0 Å². The van der Waals surface area contributed by atoms with E-state index in [-0.39, 0.29) is 11.9 Å². The molecule has 0 saturated heterocycles. The topological polar surface area (TPSA) is 59.0 Å². The molecule has 0 fully saturated rings. The lowest BCUT2D eigenvalue weighted by atomic mass is 9.98. The maximum atomic E-state index is 11.9. The number of para-hydroxylation sites is 1. The number of carbonyl (C=O) groups is 1. The molecule has 1 amide bonds. The van der Waals surface area contributed by atoms with Gasteiger partial charge in [-0.15, -0.1) is 0 Å². The normalized spacial score (nSPS) is 15.0. The number of aromatic nitrogens is 2. The number of aryl methyl sites for hydroxylation is 1. The Morgan fingerprint density at radius 3 is 3.14 bits per heavy atom. The molecule has 0 spiro atoms. The van der Waals surface area contributed by atoms with Crippen molar-refractivity contribution in [3.05, 3.63) is 36.3 Å². The maximum absolute atomic E-state index is 11.9. The molecular weight excluding hydrogens is 264 g/mol. The quantitative estimate of drug-likeness (QED) is 0.908. The number of nitrogens with zero attached hydrogens (tertiary/aromatic N) is 2. The third kappa shape index (κ3) is 2.39. The molecule has 3 rings (SSSR count). The minimum absolute atomic E-state index is 0.0213. The van der Waals surface area contributed by atoms with Crippen molar-refractivity contribution in [2.75, 3.05) is 18.9 Å². The summed E-state index contributed by atoms with van der Waals surface area (Å²) in [6.45, 7) is 2.87. The second-order valence-electron chi connectivity index (χ2n) is 5.35. The van der Waals surface area contributed by atoms with E-state index in [0.717, 1.165) is 30.6 Å². The van der Waals surface area contributed by atoms with Gasteiger partial charge in [0.1, 0.15) is 6.04 Å². The van der Waals surface area contributed by atoms with Crippen molar-refractivity contribution in [2.24, 2.45) is 0 Å². The van der Waals surface area contributed by atoms with Crippen LogP contribution in [0.2, 0.25) is 0 Å². The molecule has 1 aliphatic heterocycles. The van der Waals surface area contributed by atoms with Crippen LogP contribution in [0.1, 0.15) is 24.9 Å². The van der Waals surface area contributed by atoms with Gasteiger partial charge >= 0.3 is 0 Å². The van der Waals surface area contributed by atoms with E-state index in [2.05, 4.69) is 33.8 Å². The van der Waals surface area contributed by atoms with Crippen molar-refractivity contribution in [3.8, 4) is 11.3 Å². The number of benzene rings is 1. The number of anilines is 1. The molecule has 1 aromatic carbocycles. The molecule has 0 aliphatic carbocycles. The molecule has 2 aromatic rings. The zero-order chi connectivity index (χ0) is 14.8. The highest BCUT2D eigenvalue weighted by atomic mass is 16.2.